The van der Waals surface area contributed by atoms with Crippen LogP contribution < -0.4 is 10.4 Å². The fraction of sp³-hybridized carbons (Fsp3) is 0.429. The highest BCUT2D eigenvalue weighted by Crippen LogP contribution is 2.18. The van der Waals surface area contributed by atoms with Crippen LogP contribution in [0.3, 0.4) is 0 Å². The van der Waals surface area contributed by atoms with Crippen molar-refractivity contribution < 1.29 is 13.9 Å². The number of unbranched alkanes of at least 4 members (excludes halogenated alkanes) is 9. The molecular weight excluding hydrogens is 400 g/mol. The molecule has 4 nitrogen and oxygen atoms in total. The number of hydrogen-bond acceptors (Lipinski definition) is 4. The Morgan fingerprint density at radius 2 is 1.44 bits per heavy atom. The van der Waals surface area contributed by atoms with E-state index in [2.05, 4.69) is 6.92 Å². The second-order valence-corrected chi connectivity index (χ2v) is 8.37. The first kappa shape index (κ1) is 23.8. The number of hydrogen-bond donors (Lipinski definition) is 0. The second kappa shape index (κ2) is 12.8. The molecule has 0 unspecified atom stereocenters. The van der Waals surface area contributed by atoms with Crippen LogP contribution in [0.25, 0.3) is 11.0 Å². The van der Waals surface area contributed by atoms with Gasteiger partial charge in [0.2, 0.25) is 0 Å². The Labute approximate surface area is 190 Å². The zero-order valence-electron chi connectivity index (χ0n) is 19.1. The predicted molar refractivity (Wildman–Crippen MR) is 130 cm³/mol. The van der Waals surface area contributed by atoms with Gasteiger partial charge in [-0.1, -0.05) is 82.9 Å². The zero-order chi connectivity index (χ0) is 22.6. The van der Waals surface area contributed by atoms with Crippen LogP contribution in [0.15, 0.2) is 63.8 Å². The van der Waals surface area contributed by atoms with E-state index in [1.807, 2.05) is 12.1 Å². The van der Waals surface area contributed by atoms with Crippen LogP contribution in [0.1, 0.15) is 87.1 Å². The smallest absolute Gasteiger partial charge is 0.347 e. The molecule has 0 amide bonds. The number of fused-ring (bicyclic) bond motifs is 1. The van der Waals surface area contributed by atoms with Crippen molar-refractivity contribution in [2.24, 2.45) is 0 Å². The quantitative estimate of drug-likeness (QED) is 0.151. The van der Waals surface area contributed by atoms with Gasteiger partial charge in [0.05, 0.1) is 6.61 Å². The van der Waals surface area contributed by atoms with E-state index in [1.54, 1.807) is 42.5 Å². The van der Waals surface area contributed by atoms with Gasteiger partial charge in [-0.05, 0) is 42.8 Å². The zero-order valence-corrected chi connectivity index (χ0v) is 19.1. The molecular formula is C28H34O4. The van der Waals surface area contributed by atoms with Crippen molar-refractivity contribution in [3.63, 3.8) is 0 Å². The molecule has 3 rings (SSSR count). The van der Waals surface area contributed by atoms with Gasteiger partial charge in [0, 0.05) is 10.9 Å². The van der Waals surface area contributed by atoms with Crippen molar-refractivity contribution in [3.05, 3.63) is 76.1 Å². The van der Waals surface area contributed by atoms with Crippen molar-refractivity contribution >= 4 is 16.8 Å². The number of rotatable bonds is 14. The average Bonchev–Trinajstić information content (AvgIpc) is 2.82. The standard InChI is InChI=1S/C28H34O4/c1-2-3-4-5-6-7-8-9-10-13-20-31-24-18-16-22(17-19-24)27(29)25-21-23-14-11-12-15-26(23)32-28(25)30/h11-12,14-19,21H,2-10,13,20H2,1H3. The summed E-state index contributed by atoms with van der Waals surface area (Å²) in [7, 11) is 0. The molecule has 1 aromatic heterocycles. The number of ketones is 1. The van der Waals surface area contributed by atoms with E-state index < -0.39 is 5.63 Å². The summed E-state index contributed by atoms with van der Waals surface area (Å²) in [6.07, 6.45) is 12.9. The highest BCUT2D eigenvalue weighted by molar-refractivity contribution is 6.09. The van der Waals surface area contributed by atoms with Crippen LogP contribution in [-0.2, 0) is 0 Å². The summed E-state index contributed by atoms with van der Waals surface area (Å²) in [6.45, 7) is 2.93. The van der Waals surface area contributed by atoms with E-state index in [4.69, 9.17) is 9.15 Å². The van der Waals surface area contributed by atoms with Crippen molar-refractivity contribution in [1.29, 1.82) is 0 Å². The maximum Gasteiger partial charge on any atom is 0.347 e. The van der Waals surface area contributed by atoms with Gasteiger partial charge < -0.3 is 9.15 Å². The number of para-hydroxylation sites is 1. The summed E-state index contributed by atoms with van der Waals surface area (Å²) in [5.74, 6) is 0.397. The molecule has 4 heteroatoms. The van der Waals surface area contributed by atoms with Crippen LogP contribution in [0, 0.1) is 0 Å². The number of benzene rings is 2. The Hall–Kier alpha value is -2.88. The summed E-state index contributed by atoms with van der Waals surface area (Å²) < 4.78 is 11.1. The van der Waals surface area contributed by atoms with Crippen molar-refractivity contribution in [2.45, 2.75) is 71.1 Å². The topological polar surface area (TPSA) is 56.5 Å². The Bertz CT molecular complexity index is 1030. The van der Waals surface area contributed by atoms with E-state index in [9.17, 15) is 9.59 Å². The summed E-state index contributed by atoms with van der Waals surface area (Å²) in [4.78, 5) is 25.0. The lowest BCUT2D eigenvalue weighted by Gasteiger charge is -2.07. The molecule has 0 N–H and O–H groups in total. The molecule has 0 bridgehead atoms. The first-order valence-electron chi connectivity index (χ1n) is 12.0. The molecule has 32 heavy (non-hydrogen) atoms. The molecule has 0 saturated heterocycles. The lowest BCUT2D eigenvalue weighted by Crippen LogP contribution is -2.14. The predicted octanol–water partition coefficient (Wildman–Crippen LogP) is 7.32. The van der Waals surface area contributed by atoms with Gasteiger partial charge in [-0.3, -0.25) is 4.79 Å². The second-order valence-electron chi connectivity index (χ2n) is 8.37. The van der Waals surface area contributed by atoms with Gasteiger partial charge in [-0.2, -0.15) is 0 Å². The van der Waals surface area contributed by atoms with Gasteiger partial charge >= 0.3 is 5.63 Å². The number of carbonyl (C=O) groups excluding carboxylic acids is 1. The Morgan fingerprint density at radius 3 is 2.12 bits per heavy atom. The Balaban J connectivity index is 1.40. The van der Waals surface area contributed by atoms with Gasteiger partial charge in [0.25, 0.3) is 0 Å². The SMILES string of the molecule is CCCCCCCCCCCCOc1ccc(C(=O)c2cc3ccccc3oc2=O)cc1. The fourth-order valence-electron chi connectivity index (χ4n) is 3.86. The van der Waals surface area contributed by atoms with E-state index in [0.717, 1.165) is 17.6 Å². The average molecular weight is 435 g/mol. The minimum atomic E-state index is -0.616. The minimum absolute atomic E-state index is 0.0442. The Kier molecular flexibility index (Phi) is 9.55. The third kappa shape index (κ3) is 7.08. The molecule has 0 fully saturated rings. The van der Waals surface area contributed by atoms with Gasteiger partial charge in [-0.25, -0.2) is 4.79 Å². The molecule has 0 atom stereocenters. The third-order valence-electron chi connectivity index (χ3n) is 5.77. The molecule has 2 aromatic carbocycles. The van der Waals surface area contributed by atoms with Crippen LogP contribution in [0.4, 0.5) is 0 Å². The third-order valence-corrected chi connectivity index (χ3v) is 5.77. The lowest BCUT2D eigenvalue weighted by atomic mass is 10.0. The summed E-state index contributed by atoms with van der Waals surface area (Å²) in [6, 6.07) is 15.7. The molecule has 0 spiro atoms. The van der Waals surface area contributed by atoms with Crippen LogP contribution in [-0.4, -0.2) is 12.4 Å². The first-order chi connectivity index (χ1) is 15.7. The van der Waals surface area contributed by atoms with Crippen molar-refractivity contribution in [1.82, 2.24) is 0 Å². The van der Waals surface area contributed by atoms with Crippen LogP contribution >= 0.6 is 0 Å². The summed E-state index contributed by atoms with van der Waals surface area (Å²) >= 11 is 0. The van der Waals surface area contributed by atoms with Gasteiger partial charge in [-0.15, -0.1) is 0 Å². The summed E-state index contributed by atoms with van der Waals surface area (Å²) in [5.41, 5.74) is 0.348. The highest BCUT2D eigenvalue weighted by atomic mass is 16.5. The normalized spacial score (nSPS) is 11.0. The van der Waals surface area contributed by atoms with Crippen molar-refractivity contribution in [2.75, 3.05) is 6.61 Å². The molecule has 0 radical (unpaired) electrons. The maximum absolute atomic E-state index is 12.8. The molecule has 0 aliphatic rings. The van der Waals surface area contributed by atoms with Crippen LogP contribution in [0.5, 0.6) is 5.75 Å². The van der Waals surface area contributed by atoms with Gasteiger partial charge in [0.15, 0.2) is 5.78 Å². The van der Waals surface area contributed by atoms with E-state index in [1.165, 1.54) is 57.8 Å². The monoisotopic (exact) mass is 434 g/mol. The van der Waals surface area contributed by atoms with E-state index >= 15 is 0 Å². The maximum atomic E-state index is 12.8. The first-order valence-corrected chi connectivity index (χ1v) is 12.0. The minimum Gasteiger partial charge on any atom is -0.494 e. The van der Waals surface area contributed by atoms with Crippen LogP contribution in [0.2, 0.25) is 0 Å². The van der Waals surface area contributed by atoms with E-state index in [0.29, 0.717) is 17.8 Å². The summed E-state index contributed by atoms with van der Waals surface area (Å²) in [5, 5.41) is 0.729. The Morgan fingerprint density at radius 1 is 0.812 bits per heavy atom. The fourth-order valence-corrected chi connectivity index (χ4v) is 3.86. The lowest BCUT2D eigenvalue weighted by molar-refractivity contribution is 0.103. The molecule has 0 aliphatic carbocycles. The molecule has 0 saturated carbocycles. The van der Waals surface area contributed by atoms with Crippen molar-refractivity contribution in [3.8, 4) is 5.75 Å². The van der Waals surface area contributed by atoms with Gasteiger partial charge in [0.1, 0.15) is 16.9 Å². The molecule has 0 aliphatic heterocycles. The highest BCUT2D eigenvalue weighted by Gasteiger charge is 2.15. The number of ether oxygens (including phenoxy) is 1. The molecule has 170 valence electrons. The largest absolute Gasteiger partial charge is 0.494 e. The number of carbonyl (C=O) groups is 1. The molecule has 1 heterocycles. The van der Waals surface area contributed by atoms with E-state index in [-0.39, 0.29) is 11.3 Å². The molecule has 3 aromatic rings.